The number of ether oxygens (including phenoxy) is 1. The molecule has 0 radical (unpaired) electrons. The van der Waals surface area contributed by atoms with Gasteiger partial charge in [-0.2, -0.15) is 0 Å². The Morgan fingerprint density at radius 1 is 1.24 bits per heavy atom. The van der Waals surface area contributed by atoms with Crippen molar-refractivity contribution in [3.63, 3.8) is 0 Å². The molecular weight excluding hydrogens is 264 g/mol. The molecule has 0 aliphatic heterocycles. The van der Waals surface area contributed by atoms with Gasteiger partial charge in [0.15, 0.2) is 0 Å². The summed E-state index contributed by atoms with van der Waals surface area (Å²) in [5.41, 5.74) is 13.8. The van der Waals surface area contributed by atoms with Crippen LogP contribution >= 0.6 is 0 Å². The fourth-order valence-corrected chi connectivity index (χ4v) is 2.67. The standard InChI is InChI=1S/C16H26N4O/c1-11(2)16(18,12(3)4)8-10-21-15-14(17)13-7-5-6-9-20(13)19-15/h5-7,9,11-12H,8,10,17-18H2,1-4H3. The monoisotopic (exact) mass is 290 g/mol. The van der Waals surface area contributed by atoms with Crippen molar-refractivity contribution >= 4 is 11.2 Å². The van der Waals surface area contributed by atoms with Crippen molar-refractivity contribution in [1.29, 1.82) is 0 Å². The molecule has 0 aromatic carbocycles. The SMILES string of the molecule is CC(C)C(N)(CCOc1nn2ccccc2c1N)C(C)C. The zero-order valence-electron chi connectivity index (χ0n) is 13.3. The first-order chi connectivity index (χ1) is 9.86. The van der Waals surface area contributed by atoms with E-state index in [4.69, 9.17) is 16.2 Å². The number of pyridine rings is 1. The van der Waals surface area contributed by atoms with E-state index in [2.05, 4.69) is 32.8 Å². The Hall–Kier alpha value is -1.75. The maximum absolute atomic E-state index is 6.52. The quantitative estimate of drug-likeness (QED) is 0.857. The van der Waals surface area contributed by atoms with Gasteiger partial charge in [-0.05, 0) is 30.4 Å². The molecule has 0 amide bonds. The summed E-state index contributed by atoms with van der Waals surface area (Å²) >= 11 is 0. The first-order valence-corrected chi connectivity index (χ1v) is 7.50. The van der Waals surface area contributed by atoms with E-state index < -0.39 is 0 Å². The molecule has 5 nitrogen and oxygen atoms in total. The fourth-order valence-electron chi connectivity index (χ4n) is 2.67. The van der Waals surface area contributed by atoms with E-state index in [0.717, 1.165) is 11.9 Å². The van der Waals surface area contributed by atoms with Crippen LogP contribution in [0.15, 0.2) is 24.4 Å². The first-order valence-electron chi connectivity index (χ1n) is 7.50. The minimum atomic E-state index is -0.242. The normalized spacial score (nSPS) is 12.5. The summed E-state index contributed by atoms with van der Waals surface area (Å²) in [6.07, 6.45) is 2.63. The van der Waals surface area contributed by atoms with Gasteiger partial charge in [-0.25, -0.2) is 4.52 Å². The van der Waals surface area contributed by atoms with Gasteiger partial charge in [0.1, 0.15) is 5.69 Å². The second-order valence-corrected chi connectivity index (χ2v) is 6.27. The van der Waals surface area contributed by atoms with E-state index >= 15 is 0 Å². The Labute approximate surface area is 126 Å². The van der Waals surface area contributed by atoms with Crippen LogP contribution in [0.4, 0.5) is 5.69 Å². The number of hydrogen-bond donors (Lipinski definition) is 2. The van der Waals surface area contributed by atoms with Crippen LogP contribution in [0.25, 0.3) is 5.52 Å². The number of nitrogens with two attached hydrogens (primary N) is 2. The maximum atomic E-state index is 6.52. The molecule has 2 aromatic rings. The van der Waals surface area contributed by atoms with Gasteiger partial charge in [0.2, 0.25) is 0 Å². The molecule has 0 aliphatic rings. The minimum Gasteiger partial charge on any atom is -0.475 e. The van der Waals surface area contributed by atoms with Crippen LogP contribution in [0.1, 0.15) is 34.1 Å². The zero-order chi connectivity index (χ0) is 15.6. The van der Waals surface area contributed by atoms with Crippen molar-refractivity contribution in [2.45, 2.75) is 39.7 Å². The lowest BCUT2D eigenvalue weighted by atomic mass is 9.76. The highest BCUT2D eigenvalue weighted by atomic mass is 16.5. The number of aromatic nitrogens is 2. The van der Waals surface area contributed by atoms with Crippen molar-refractivity contribution < 1.29 is 4.74 Å². The summed E-state index contributed by atoms with van der Waals surface area (Å²) in [7, 11) is 0. The Balaban J connectivity index is 2.07. The van der Waals surface area contributed by atoms with Crippen LogP contribution in [0.5, 0.6) is 5.88 Å². The Morgan fingerprint density at radius 2 is 1.90 bits per heavy atom. The molecule has 2 heterocycles. The van der Waals surface area contributed by atoms with Gasteiger partial charge in [0.25, 0.3) is 5.88 Å². The third-order valence-corrected chi connectivity index (χ3v) is 4.47. The summed E-state index contributed by atoms with van der Waals surface area (Å²) in [4.78, 5) is 0. The highest BCUT2D eigenvalue weighted by Gasteiger charge is 2.32. The van der Waals surface area contributed by atoms with Crippen LogP contribution in [0.2, 0.25) is 0 Å². The van der Waals surface area contributed by atoms with Gasteiger partial charge in [-0.15, -0.1) is 5.10 Å². The summed E-state index contributed by atoms with van der Waals surface area (Å²) < 4.78 is 7.51. The number of rotatable bonds is 6. The number of anilines is 1. The van der Waals surface area contributed by atoms with E-state index in [1.54, 1.807) is 4.52 Å². The van der Waals surface area contributed by atoms with Crippen molar-refractivity contribution in [3.8, 4) is 5.88 Å². The average Bonchev–Trinajstić information content (AvgIpc) is 2.75. The van der Waals surface area contributed by atoms with Crippen molar-refractivity contribution in [2.24, 2.45) is 17.6 Å². The van der Waals surface area contributed by atoms with E-state index in [1.807, 2.05) is 24.4 Å². The lowest BCUT2D eigenvalue weighted by Gasteiger charge is -2.37. The van der Waals surface area contributed by atoms with Crippen LogP contribution in [-0.2, 0) is 0 Å². The van der Waals surface area contributed by atoms with E-state index in [9.17, 15) is 0 Å². The van der Waals surface area contributed by atoms with Gasteiger partial charge < -0.3 is 16.2 Å². The molecule has 5 heteroatoms. The van der Waals surface area contributed by atoms with Gasteiger partial charge in [0.05, 0.1) is 12.1 Å². The van der Waals surface area contributed by atoms with E-state index in [1.165, 1.54) is 0 Å². The van der Waals surface area contributed by atoms with E-state index in [-0.39, 0.29) is 5.54 Å². The number of fused-ring (bicyclic) bond motifs is 1. The highest BCUT2D eigenvalue weighted by Crippen LogP contribution is 2.29. The number of hydrogen-bond acceptors (Lipinski definition) is 4. The van der Waals surface area contributed by atoms with Crippen LogP contribution < -0.4 is 16.2 Å². The first kappa shape index (κ1) is 15.6. The van der Waals surface area contributed by atoms with Gasteiger partial charge in [-0.1, -0.05) is 33.8 Å². The third-order valence-electron chi connectivity index (χ3n) is 4.47. The molecule has 0 saturated heterocycles. The highest BCUT2D eigenvalue weighted by molar-refractivity contribution is 5.74. The number of nitrogen functional groups attached to an aromatic ring is 1. The van der Waals surface area contributed by atoms with Crippen LogP contribution in [0, 0.1) is 11.8 Å². The molecule has 0 unspecified atom stereocenters. The average molecular weight is 290 g/mol. The Bertz CT molecular complexity index is 595. The molecule has 4 N–H and O–H groups in total. The second kappa shape index (κ2) is 5.93. The second-order valence-electron chi connectivity index (χ2n) is 6.27. The molecule has 0 saturated carbocycles. The minimum absolute atomic E-state index is 0.242. The lowest BCUT2D eigenvalue weighted by Crippen LogP contribution is -2.50. The molecule has 2 rings (SSSR count). The fraction of sp³-hybridized carbons (Fsp3) is 0.562. The van der Waals surface area contributed by atoms with Gasteiger partial charge in [0, 0.05) is 11.7 Å². The van der Waals surface area contributed by atoms with Crippen molar-refractivity contribution in [3.05, 3.63) is 24.4 Å². The van der Waals surface area contributed by atoms with E-state index in [0.29, 0.717) is 30.0 Å². The molecule has 0 atom stereocenters. The summed E-state index contributed by atoms with van der Waals surface area (Å²) in [5.74, 6) is 1.26. The Morgan fingerprint density at radius 3 is 2.48 bits per heavy atom. The topological polar surface area (TPSA) is 78.6 Å². The molecule has 0 aliphatic carbocycles. The predicted octanol–water partition coefficient (Wildman–Crippen LogP) is 2.69. The molecule has 116 valence electrons. The molecule has 21 heavy (non-hydrogen) atoms. The summed E-state index contributed by atoms with van der Waals surface area (Å²) in [6.45, 7) is 9.12. The van der Waals surface area contributed by atoms with Crippen LogP contribution in [0.3, 0.4) is 0 Å². The maximum Gasteiger partial charge on any atom is 0.257 e. The lowest BCUT2D eigenvalue weighted by molar-refractivity contribution is 0.164. The molecule has 0 fully saturated rings. The Kier molecular flexibility index (Phi) is 4.42. The molecular formula is C16H26N4O. The molecule has 2 aromatic heterocycles. The van der Waals surface area contributed by atoms with Crippen LogP contribution in [-0.4, -0.2) is 21.8 Å². The van der Waals surface area contributed by atoms with Crippen molar-refractivity contribution in [1.82, 2.24) is 9.61 Å². The predicted molar refractivity (Wildman–Crippen MR) is 86.3 cm³/mol. The summed E-state index contributed by atoms with van der Waals surface area (Å²) in [6, 6.07) is 5.76. The largest absolute Gasteiger partial charge is 0.475 e. The van der Waals surface area contributed by atoms with Gasteiger partial charge >= 0.3 is 0 Å². The van der Waals surface area contributed by atoms with Gasteiger partial charge in [-0.3, -0.25) is 0 Å². The van der Waals surface area contributed by atoms with Crippen molar-refractivity contribution in [2.75, 3.05) is 12.3 Å². The molecule has 0 bridgehead atoms. The smallest absolute Gasteiger partial charge is 0.257 e. The third kappa shape index (κ3) is 2.97. The number of nitrogens with zero attached hydrogens (tertiary/aromatic N) is 2. The zero-order valence-corrected chi connectivity index (χ0v) is 13.3. The summed E-state index contributed by atoms with van der Waals surface area (Å²) in [5, 5.41) is 4.35. The molecule has 0 spiro atoms.